The van der Waals surface area contributed by atoms with E-state index < -0.39 is 6.04 Å². The zero-order valence-electron chi connectivity index (χ0n) is 16.1. The number of fused-ring (bicyclic) bond motifs is 1. The zero-order valence-corrected chi connectivity index (χ0v) is 16.8. The Balaban J connectivity index is 1.73. The van der Waals surface area contributed by atoms with Crippen molar-refractivity contribution in [2.45, 2.75) is 25.8 Å². The fraction of sp³-hybridized carbons (Fsp3) is 0.273. The van der Waals surface area contributed by atoms with Gasteiger partial charge in [0.05, 0.1) is 6.61 Å². The van der Waals surface area contributed by atoms with Crippen molar-refractivity contribution in [2.75, 3.05) is 29.1 Å². The summed E-state index contributed by atoms with van der Waals surface area (Å²) in [6.07, 6.45) is 1.00. The van der Waals surface area contributed by atoms with E-state index in [0.717, 1.165) is 28.1 Å². The predicted octanol–water partition coefficient (Wildman–Crippen LogP) is 3.86. The van der Waals surface area contributed by atoms with Crippen molar-refractivity contribution in [3.05, 3.63) is 58.6 Å². The van der Waals surface area contributed by atoms with Crippen LogP contribution in [0.5, 0.6) is 0 Å². The van der Waals surface area contributed by atoms with E-state index in [4.69, 9.17) is 22.1 Å². The number of ether oxygens (including phenoxy) is 1. The van der Waals surface area contributed by atoms with E-state index in [1.807, 2.05) is 18.2 Å². The van der Waals surface area contributed by atoms with Gasteiger partial charge in [-0.2, -0.15) is 0 Å². The summed E-state index contributed by atoms with van der Waals surface area (Å²) >= 11 is 6.16. The average Bonchev–Trinajstić information content (AvgIpc) is 3.09. The van der Waals surface area contributed by atoms with E-state index in [0.29, 0.717) is 36.7 Å². The molecule has 1 unspecified atom stereocenters. The molecule has 0 spiro atoms. The van der Waals surface area contributed by atoms with Gasteiger partial charge in [-0.25, -0.2) is 4.79 Å². The highest BCUT2D eigenvalue weighted by molar-refractivity contribution is 6.31. The summed E-state index contributed by atoms with van der Waals surface area (Å²) in [5, 5.41) is 3.77. The minimum Gasteiger partial charge on any atom is -0.464 e. The summed E-state index contributed by atoms with van der Waals surface area (Å²) in [6.45, 7) is 2.66. The predicted molar refractivity (Wildman–Crippen MR) is 115 cm³/mol. The van der Waals surface area contributed by atoms with Gasteiger partial charge in [-0.1, -0.05) is 17.7 Å². The molecule has 0 aliphatic carbocycles. The third kappa shape index (κ3) is 3.68. The number of nitrogens with one attached hydrogen (secondary N) is 1. The lowest BCUT2D eigenvalue weighted by Crippen LogP contribution is -2.35. The topological polar surface area (TPSA) is 84.7 Å². The fourth-order valence-corrected chi connectivity index (χ4v) is 4.07. The van der Waals surface area contributed by atoms with Crippen molar-refractivity contribution in [3.63, 3.8) is 0 Å². The van der Waals surface area contributed by atoms with Gasteiger partial charge in [0.2, 0.25) is 0 Å². The first-order valence-corrected chi connectivity index (χ1v) is 9.98. The van der Waals surface area contributed by atoms with Gasteiger partial charge >= 0.3 is 5.97 Å². The minimum atomic E-state index is -0.554. The molecule has 0 radical (unpaired) electrons. The van der Waals surface area contributed by atoms with Gasteiger partial charge in [0.15, 0.2) is 0 Å². The van der Waals surface area contributed by atoms with Crippen LogP contribution in [0, 0.1) is 0 Å². The summed E-state index contributed by atoms with van der Waals surface area (Å²) in [5.41, 5.74) is 10.5. The maximum absolute atomic E-state index is 13.2. The molecule has 2 aliphatic heterocycles. The molecule has 1 saturated heterocycles. The number of nitrogen functional groups attached to an aromatic ring is 1. The molecule has 29 heavy (non-hydrogen) atoms. The molecule has 7 heteroatoms. The lowest BCUT2D eigenvalue weighted by atomic mass is 9.88. The Morgan fingerprint density at radius 1 is 1.24 bits per heavy atom. The van der Waals surface area contributed by atoms with Crippen LogP contribution in [0.2, 0.25) is 5.02 Å². The van der Waals surface area contributed by atoms with Crippen molar-refractivity contribution >= 4 is 46.1 Å². The Labute approximate surface area is 174 Å². The molecule has 4 rings (SSSR count). The van der Waals surface area contributed by atoms with Crippen LogP contribution in [0.3, 0.4) is 0 Å². The third-order valence-corrected chi connectivity index (χ3v) is 5.51. The van der Waals surface area contributed by atoms with Crippen LogP contribution in [0.25, 0.3) is 5.57 Å². The smallest absolute Gasteiger partial charge is 0.328 e. The van der Waals surface area contributed by atoms with Crippen molar-refractivity contribution in [1.82, 2.24) is 0 Å². The number of halogens is 1. The number of carbonyl (C=O) groups excluding carboxylic acids is 2. The van der Waals surface area contributed by atoms with Crippen molar-refractivity contribution < 1.29 is 14.3 Å². The number of hydrogen-bond donors (Lipinski definition) is 2. The monoisotopic (exact) mass is 411 g/mol. The summed E-state index contributed by atoms with van der Waals surface area (Å²) in [7, 11) is 0. The highest BCUT2D eigenvalue weighted by Crippen LogP contribution is 2.40. The maximum atomic E-state index is 13.2. The standard InChI is InChI=1S/C22H22ClN3O3/c1-2-29-22(28)20-12-18(16-8-3-13(23)11-19(16)25-20)17-9-10-26(21(17)27)15-6-4-14(24)5-7-15/h3-8,11,20,25H,2,9-10,12,24H2,1H3/b18-17+. The molecule has 2 aromatic carbocycles. The molecule has 150 valence electrons. The number of hydrogen-bond acceptors (Lipinski definition) is 5. The first-order valence-electron chi connectivity index (χ1n) is 9.60. The van der Waals surface area contributed by atoms with E-state index in [1.54, 1.807) is 36.1 Å². The Hall–Kier alpha value is -2.99. The maximum Gasteiger partial charge on any atom is 0.328 e. The molecular weight excluding hydrogens is 390 g/mol. The first-order chi connectivity index (χ1) is 14.0. The van der Waals surface area contributed by atoms with Crippen LogP contribution >= 0.6 is 11.6 Å². The molecule has 0 aromatic heterocycles. The summed E-state index contributed by atoms with van der Waals surface area (Å²) < 4.78 is 5.20. The molecule has 2 aromatic rings. The lowest BCUT2D eigenvalue weighted by molar-refractivity contribution is -0.144. The second-order valence-corrected chi connectivity index (χ2v) is 7.53. The van der Waals surface area contributed by atoms with Gasteiger partial charge < -0.3 is 20.7 Å². The summed E-state index contributed by atoms with van der Waals surface area (Å²) in [5.74, 6) is -0.382. The number of rotatable bonds is 3. The Kier molecular flexibility index (Phi) is 5.20. The first kappa shape index (κ1) is 19.3. The highest BCUT2D eigenvalue weighted by atomic mass is 35.5. The van der Waals surface area contributed by atoms with Gasteiger partial charge in [-0.3, -0.25) is 4.79 Å². The highest BCUT2D eigenvalue weighted by Gasteiger charge is 2.35. The van der Waals surface area contributed by atoms with Crippen molar-refractivity contribution in [1.29, 1.82) is 0 Å². The fourth-order valence-electron chi connectivity index (χ4n) is 3.90. The van der Waals surface area contributed by atoms with Crippen LogP contribution in [0.15, 0.2) is 48.0 Å². The Morgan fingerprint density at radius 3 is 2.72 bits per heavy atom. The lowest BCUT2D eigenvalue weighted by Gasteiger charge is -2.29. The number of anilines is 3. The van der Waals surface area contributed by atoms with Gasteiger partial charge in [0.25, 0.3) is 5.91 Å². The van der Waals surface area contributed by atoms with E-state index in [1.165, 1.54) is 0 Å². The number of carbonyl (C=O) groups is 2. The molecule has 6 nitrogen and oxygen atoms in total. The number of benzene rings is 2. The second-order valence-electron chi connectivity index (χ2n) is 7.10. The van der Waals surface area contributed by atoms with E-state index in [-0.39, 0.29) is 11.9 Å². The molecular formula is C22H22ClN3O3. The molecule has 2 heterocycles. The van der Waals surface area contributed by atoms with Crippen molar-refractivity contribution in [2.24, 2.45) is 0 Å². The number of esters is 1. The molecule has 3 N–H and O–H groups in total. The van der Waals surface area contributed by atoms with Gasteiger partial charge in [0, 0.05) is 46.2 Å². The van der Waals surface area contributed by atoms with Gasteiger partial charge in [-0.05, 0) is 55.3 Å². The molecule has 0 bridgehead atoms. The van der Waals surface area contributed by atoms with Crippen LogP contribution < -0.4 is 16.0 Å². The third-order valence-electron chi connectivity index (χ3n) is 5.27. The van der Waals surface area contributed by atoms with Crippen LogP contribution in [-0.4, -0.2) is 31.1 Å². The Morgan fingerprint density at radius 2 is 2.00 bits per heavy atom. The summed E-state index contributed by atoms with van der Waals surface area (Å²) in [4.78, 5) is 27.4. The van der Waals surface area contributed by atoms with Crippen LogP contribution in [0.4, 0.5) is 17.1 Å². The molecule has 2 aliphatic rings. The molecule has 0 saturated carbocycles. The SMILES string of the molecule is CCOC(=O)C1C/C(=C2/CCN(c3ccc(N)cc3)C2=O)c2ccc(Cl)cc2N1. The number of amides is 1. The largest absolute Gasteiger partial charge is 0.464 e. The molecule has 1 atom stereocenters. The second kappa shape index (κ2) is 7.79. The molecule has 1 amide bonds. The van der Waals surface area contributed by atoms with Gasteiger partial charge in [-0.15, -0.1) is 0 Å². The van der Waals surface area contributed by atoms with E-state index in [9.17, 15) is 9.59 Å². The molecule has 1 fully saturated rings. The normalized spacial score (nSPS) is 21.0. The van der Waals surface area contributed by atoms with E-state index in [2.05, 4.69) is 5.32 Å². The van der Waals surface area contributed by atoms with Crippen LogP contribution in [-0.2, 0) is 14.3 Å². The number of nitrogens with zero attached hydrogens (tertiary/aromatic N) is 1. The van der Waals surface area contributed by atoms with Crippen LogP contribution in [0.1, 0.15) is 25.3 Å². The zero-order chi connectivity index (χ0) is 20.5. The quantitative estimate of drug-likeness (QED) is 0.455. The minimum absolute atomic E-state index is 0.0461. The van der Waals surface area contributed by atoms with Gasteiger partial charge in [0.1, 0.15) is 6.04 Å². The van der Waals surface area contributed by atoms with E-state index >= 15 is 0 Å². The average molecular weight is 412 g/mol. The van der Waals surface area contributed by atoms with Crippen molar-refractivity contribution in [3.8, 4) is 0 Å². The Bertz CT molecular complexity index is 1000. The summed E-state index contributed by atoms with van der Waals surface area (Å²) in [6, 6.07) is 12.2. The number of nitrogens with two attached hydrogens (primary N) is 1.